The highest BCUT2D eigenvalue weighted by molar-refractivity contribution is 8.00. The summed E-state index contributed by atoms with van der Waals surface area (Å²) in [5.74, 6) is 0.804. The molecule has 24 heavy (non-hydrogen) atoms. The average molecular weight is 337 g/mol. The number of carbonyl (C=O) groups excluding carboxylic acids is 1. The second kappa shape index (κ2) is 7.01. The van der Waals surface area contributed by atoms with Crippen LogP contribution < -0.4 is 0 Å². The van der Waals surface area contributed by atoms with Crippen molar-refractivity contribution in [2.45, 2.75) is 31.2 Å². The lowest BCUT2D eigenvalue weighted by atomic mass is 10.0. The van der Waals surface area contributed by atoms with Crippen LogP contribution in [-0.4, -0.2) is 26.2 Å². The Bertz CT molecular complexity index is 858. The van der Waals surface area contributed by atoms with E-state index in [1.807, 2.05) is 69.3 Å². The van der Waals surface area contributed by atoms with Crippen LogP contribution in [0.2, 0.25) is 0 Å². The van der Waals surface area contributed by atoms with Crippen LogP contribution in [0.1, 0.15) is 28.4 Å². The molecule has 0 radical (unpaired) electrons. The fraction of sp³-hybridized carbons (Fsp3) is 0.211. The number of rotatable bonds is 5. The molecule has 0 aliphatic carbocycles. The monoisotopic (exact) mass is 337 g/mol. The smallest absolute Gasteiger partial charge is 0.209 e. The van der Waals surface area contributed by atoms with Crippen LogP contribution in [0.3, 0.4) is 0 Å². The highest BCUT2D eigenvalue weighted by Gasteiger charge is 2.19. The van der Waals surface area contributed by atoms with Crippen LogP contribution in [0.25, 0.3) is 11.4 Å². The summed E-state index contributed by atoms with van der Waals surface area (Å²) in [7, 11) is 0. The third-order valence-corrected chi connectivity index (χ3v) is 4.92. The molecule has 1 heterocycles. The maximum absolute atomic E-state index is 12.6. The standard InChI is InChI=1S/C19H19N3OS/c1-12-9-10-16(11-13(12)2)17(23)14(3)24-19-20-18(21-22-19)15-7-5-4-6-8-15/h4-11,14H,1-3H3,(H,20,21,22)/t14-/m1/s1. The van der Waals surface area contributed by atoms with Crippen LogP contribution in [0.5, 0.6) is 0 Å². The Hall–Kier alpha value is -2.40. The summed E-state index contributed by atoms with van der Waals surface area (Å²) in [6.07, 6.45) is 0. The Morgan fingerprint density at radius 3 is 2.54 bits per heavy atom. The minimum Gasteiger partial charge on any atom is -0.293 e. The van der Waals surface area contributed by atoms with E-state index in [4.69, 9.17) is 0 Å². The molecule has 3 rings (SSSR count). The molecule has 0 amide bonds. The van der Waals surface area contributed by atoms with E-state index in [1.54, 1.807) is 0 Å². The molecule has 5 heteroatoms. The van der Waals surface area contributed by atoms with Gasteiger partial charge in [-0.25, -0.2) is 4.98 Å². The number of Topliss-reactive ketones (excluding diaryl/α,β-unsaturated/α-hetero) is 1. The number of H-pyrrole nitrogens is 1. The summed E-state index contributed by atoms with van der Waals surface area (Å²) in [4.78, 5) is 17.1. The van der Waals surface area contributed by atoms with E-state index in [9.17, 15) is 4.79 Å². The van der Waals surface area contributed by atoms with E-state index < -0.39 is 0 Å². The molecule has 1 N–H and O–H groups in total. The topological polar surface area (TPSA) is 58.6 Å². The first-order valence-electron chi connectivity index (χ1n) is 7.80. The summed E-state index contributed by atoms with van der Waals surface area (Å²) < 4.78 is 0. The maximum atomic E-state index is 12.6. The van der Waals surface area contributed by atoms with Crippen molar-refractivity contribution in [1.82, 2.24) is 15.2 Å². The Kier molecular flexibility index (Phi) is 4.81. The van der Waals surface area contributed by atoms with Crippen LogP contribution >= 0.6 is 11.8 Å². The molecule has 2 aromatic carbocycles. The van der Waals surface area contributed by atoms with Gasteiger partial charge < -0.3 is 0 Å². The second-order valence-electron chi connectivity index (χ2n) is 5.76. The number of hydrogen-bond donors (Lipinski definition) is 1. The average Bonchev–Trinajstić information content (AvgIpc) is 3.06. The predicted octanol–water partition coefficient (Wildman–Crippen LogP) is 4.45. The highest BCUT2D eigenvalue weighted by atomic mass is 32.2. The number of aromatic amines is 1. The Balaban J connectivity index is 1.72. The molecule has 3 aromatic rings. The molecular formula is C19H19N3OS. The van der Waals surface area contributed by atoms with E-state index in [-0.39, 0.29) is 11.0 Å². The first-order chi connectivity index (χ1) is 11.5. The summed E-state index contributed by atoms with van der Waals surface area (Å²) in [5, 5.41) is 7.48. The number of ketones is 1. The van der Waals surface area contributed by atoms with E-state index >= 15 is 0 Å². The minimum absolute atomic E-state index is 0.0918. The van der Waals surface area contributed by atoms with Gasteiger partial charge in [0.15, 0.2) is 11.6 Å². The van der Waals surface area contributed by atoms with Gasteiger partial charge in [-0.2, -0.15) is 0 Å². The zero-order valence-electron chi connectivity index (χ0n) is 13.9. The van der Waals surface area contributed by atoms with Crippen molar-refractivity contribution in [2.75, 3.05) is 0 Å². The van der Waals surface area contributed by atoms with E-state index in [2.05, 4.69) is 15.2 Å². The molecule has 0 fully saturated rings. The molecule has 1 atom stereocenters. The number of carbonyl (C=O) groups is 1. The van der Waals surface area contributed by atoms with Crippen LogP contribution in [0.4, 0.5) is 0 Å². The molecule has 0 aliphatic rings. The first-order valence-corrected chi connectivity index (χ1v) is 8.68. The third-order valence-electron chi connectivity index (χ3n) is 3.95. The molecule has 0 saturated heterocycles. The van der Waals surface area contributed by atoms with Crippen molar-refractivity contribution in [3.63, 3.8) is 0 Å². The second-order valence-corrected chi connectivity index (χ2v) is 7.06. The molecule has 122 valence electrons. The number of benzene rings is 2. The van der Waals surface area contributed by atoms with Crippen molar-refractivity contribution in [1.29, 1.82) is 0 Å². The summed E-state index contributed by atoms with van der Waals surface area (Å²) in [6.45, 7) is 5.95. The molecule has 0 unspecified atom stereocenters. The first kappa shape index (κ1) is 16.5. The number of hydrogen-bond acceptors (Lipinski definition) is 4. The van der Waals surface area contributed by atoms with Crippen molar-refractivity contribution in [3.05, 3.63) is 65.2 Å². The molecular weight excluding hydrogens is 318 g/mol. The molecule has 0 bridgehead atoms. The van der Waals surface area contributed by atoms with E-state index in [1.165, 1.54) is 17.3 Å². The van der Waals surface area contributed by atoms with Gasteiger partial charge in [0, 0.05) is 11.1 Å². The van der Waals surface area contributed by atoms with Gasteiger partial charge in [-0.15, -0.1) is 5.10 Å². The van der Waals surface area contributed by atoms with Crippen molar-refractivity contribution in [2.24, 2.45) is 0 Å². The molecule has 0 spiro atoms. The fourth-order valence-electron chi connectivity index (χ4n) is 2.37. The fourth-order valence-corrected chi connectivity index (χ4v) is 3.17. The third kappa shape index (κ3) is 3.57. The van der Waals surface area contributed by atoms with Gasteiger partial charge in [0.1, 0.15) is 0 Å². The lowest BCUT2D eigenvalue weighted by Gasteiger charge is -2.09. The zero-order chi connectivity index (χ0) is 17.1. The number of aromatic nitrogens is 3. The van der Waals surface area contributed by atoms with Gasteiger partial charge in [0.05, 0.1) is 5.25 Å². The quantitative estimate of drug-likeness (QED) is 0.552. The van der Waals surface area contributed by atoms with Gasteiger partial charge in [0.25, 0.3) is 0 Å². The maximum Gasteiger partial charge on any atom is 0.209 e. The molecule has 4 nitrogen and oxygen atoms in total. The highest BCUT2D eigenvalue weighted by Crippen LogP contribution is 2.25. The summed E-state index contributed by atoms with van der Waals surface area (Å²) >= 11 is 1.37. The van der Waals surface area contributed by atoms with Gasteiger partial charge in [0.2, 0.25) is 5.16 Å². The van der Waals surface area contributed by atoms with Gasteiger partial charge in [-0.05, 0) is 38.0 Å². The van der Waals surface area contributed by atoms with Gasteiger partial charge in [-0.3, -0.25) is 9.89 Å². The van der Waals surface area contributed by atoms with E-state index in [0.717, 1.165) is 16.7 Å². The lowest BCUT2D eigenvalue weighted by molar-refractivity contribution is 0.0994. The van der Waals surface area contributed by atoms with Crippen LogP contribution in [0.15, 0.2) is 53.7 Å². The number of thioether (sulfide) groups is 1. The Labute approximate surface area is 145 Å². The minimum atomic E-state index is -0.244. The Morgan fingerprint density at radius 1 is 1.08 bits per heavy atom. The van der Waals surface area contributed by atoms with Crippen LogP contribution in [0, 0.1) is 13.8 Å². The van der Waals surface area contributed by atoms with Crippen molar-refractivity contribution in [3.8, 4) is 11.4 Å². The van der Waals surface area contributed by atoms with E-state index in [0.29, 0.717) is 11.0 Å². The largest absolute Gasteiger partial charge is 0.293 e. The normalized spacial score (nSPS) is 12.1. The SMILES string of the molecule is Cc1ccc(C(=O)[C@@H](C)Sc2n[nH]c(-c3ccccc3)n2)cc1C. The number of nitrogens with zero attached hydrogens (tertiary/aromatic N) is 2. The van der Waals surface area contributed by atoms with Crippen LogP contribution in [-0.2, 0) is 0 Å². The Morgan fingerprint density at radius 2 is 1.83 bits per heavy atom. The summed E-state index contributed by atoms with van der Waals surface area (Å²) in [5.41, 5.74) is 4.03. The predicted molar refractivity (Wildman–Crippen MR) is 97.4 cm³/mol. The van der Waals surface area contributed by atoms with Crippen molar-refractivity contribution >= 4 is 17.5 Å². The zero-order valence-corrected chi connectivity index (χ0v) is 14.7. The molecule has 1 aromatic heterocycles. The van der Waals surface area contributed by atoms with Crippen molar-refractivity contribution < 1.29 is 4.79 Å². The summed E-state index contributed by atoms with van der Waals surface area (Å²) in [6, 6.07) is 15.6. The number of aryl methyl sites for hydroxylation is 2. The molecule has 0 aliphatic heterocycles. The van der Waals surface area contributed by atoms with Gasteiger partial charge in [-0.1, -0.05) is 54.2 Å². The molecule has 0 saturated carbocycles. The number of nitrogens with one attached hydrogen (secondary N) is 1. The lowest BCUT2D eigenvalue weighted by Crippen LogP contribution is -2.14. The van der Waals surface area contributed by atoms with Gasteiger partial charge >= 0.3 is 0 Å².